The molecule has 1 N–H and O–H groups in total. The summed E-state index contributed by atoms with van der Waals surface area (Å²) < 4.78 is 10.8. The molecule has 0 spiro atoms. The Morgan fingerprint density at radius 1 is 1.13 bits per heavy atom. The van der Waals surface area contributed by atoms with Gasteiger partial charge in [0.2, 0.25) is 0 Å². The molecule has 0 bridgehead atoms. The molecule has 0 unspecified atom stereocenters. The minimum Gasteiger partial charge on any atom is -0.497 e. The van der Waals surface area contributed by atoms with E-state index in [4.69, 9.17) is 9.47 Å². The molecule has 0 saturated carbocycles. The molecule has 0 atom stereocenters. The van der Waals surface area contributed by atoms with E-state index in [1.165, 1.54) is 18.2 Å². The van der Waals surface area contributed by atoms with E-state index in [9.17, 15) is 14.9 Å². The first-order chi connectivity index (χ1) is 15.0. The highest BCUT2D eigenvalue weighted by atomic mass is 16.6. The number of rotatable bonds is 9. The zero-order valence-corrected chi connectivity index (χ0v) is 17.9. The van der Waals surface area contributed by atoms with Crippen LogP contribution in [0.2, 0.25) is 0 Å². The molecule has 1 amide bonds. The molecule has 0 aliphatic carbocycles. The molecule has 0 radical (unpaired) electrons. The van der Waals surface area contributed by atoms with Crippen molar-refractivity contribution in [1.82, 2.24) is 9.80 Å². The van der Waals surface area contributed by atoms with Crippen molar-refractivity contribution in [2.45, 2.75) is 6.42 Å². The van der Waals surface area contributed by atoms with Crippen LogP contribution in [0.1, 0.15) is 16.8 Å². The summed E-state index contributed by atoms with van der Waals surface area (Å²) in [5, 5.41) is 14.2. The maximum atomic E-state index is 12.5. The number of methoxy groups -OCH3 is 1. The molecule has 0 aromatic heterocycles. The van der Waals surface area contributed by atoms with Crippen LogP contribution in [0.5, 0.6) is 11.5 Å². The summed E-state index contributed by atoms with van der Waals surface area (Å²) in [6.45, 7) is 5.41. The minimum absolute atomic E-state index is 0.171. The third-order valence-electron chi connectivity index (χ3n) is 5.24. The smallest absolute Gasteiger partial charge is 0.311 e. The quantitative estimate of drug-likeness (QED) is 0.373. The van der Waals surface area contributed by atoms with Gasteiger partial charge in [-0.25, -0.2) is 0 Å². The monoisotopic (exact) mass is 428 g/mol. The first kappa shape index (κ1) is 22.5. The molecule has 166 valence electrons. The Morgan fingerprint density at radius 2 is 1.84 bits per heavy atom. The number of nitro groups is 1. The Labute approximate surface area is 181 Å². The predicted octanol–water partition coefficient (Wildman–Crippen LogP) is 2.87. The van der Waals surface area contributed by atoms with Gasteiger partial charge in [0.15, 0.2) is 5.75 Å². The summed E-state index contributed by atoms with van der Waals surface area (Å²) in [7, 11) is 3.67. The first-order valence-electron chi connectivity index (χ1n) is 10.2. The second kappa shape index (κ2) is 10.7. The molecule has 1 aliphatic heterocycles. The van der Waals surface area contributed by atoms with Gasteiger partial charge in [-0.1, -0.05) is 0 Å². The summed E-state index contributed by atoms with van der Waals surface area (Å²) in [5.74, 6) is 0.405. The van der Waals surface area contributed by atoms with Gasteiger partial charge in [0, 0.05) is 50.0 Å². The van der Waals surface area contributed by atoms with Gasteiger partial charge in [0.05, 0.1) is 18.6 Å². The van der Waals surface area contributed by atoms with Gasteiger partial charge in [-0.15, -0.1) is 0 Å². The molecule has 1 saturated heterocycles. The molecular formula is C22H28N4O5. The number of nitro benzene ring substituents is 1. The normalized spacial score (nSPS) is 14.8. The molecule has 1 aliphatic rings. The van der Waals surface area contributed by atoms with Crippen molar-refractivity contribution in [3.63, 3.8) is 0 Å². The van der Waals surface area contributed by atoms with E-state index in [2.05, 4.69) is 22.2 Å². The fourth-order valence-corrected chi connectivity index (χ4v) is 3.34. The van der Waals surface area contributed by atoms with Gasteiger partial charge in [-0.2, -0.15) is 0 Å². The topological polar surface area (TPSA) is 97.2 Å². The second-order valence-corrected chi connectivity index (χ2v) is 7.47. The van der Waals surface area contributed by atoms with Crippen LogP contribution in [0.15, 0.2) is 42.5 Å². The van der Waals surface area contributed by atoms with Crippen LogP contribution in [0.25, 0.3) is 0 Å². The van der Waals surface area contributed by atoms with E-state index >= 15 is 0 Å². The Morgan fingerprint density at radius 3 is 2.48 bits per heavy atom. The Balaban J connectivity index is 1.56. The van der Waals surface area contributed by atoms with E-state index in [0.29, 0.717) is 18.0 Å². The standard InChI is InChI=1S/C22H28N4O5/c1-24-11-13-25(14-12-24)10-3-15-31-21-9-4-17(16-20(21)26(28)29)22(27)23-18-5-7-19(30-2)8-6-18/h4-9,16H,3,10-15H2,1-2H3,(H,23,27). The summed E-state index contributed by atoms with van der Waals surface area (Å²) in [6, 6.07) is 11.1. The van der Waals surface area contributed by atoms with Crippen LogP contribution in [-0.2, 0) is 0 Å². The fourth-order valence-electron chi connectivity index (χ4n) is 3.34. The summed E-state index contributed by atoms with van der Waals surface area (Å²) in [5.41, 5.74) is 0.534. The van der Waals surface area contributed by atoms with Crippen molar-refractivity contribution < 1.29 is 19.2 Å². The summed E-state index contributed by atoms with van der Waals surface area (Å²) >= 11 is 0. The first-order valence-corrected chi connectivity index (χ1v) is 10.2. The largest absolute Gasteiger partial charge is 0.497 e. The van der Waals surface area contributed by atoms with Crippen molar-refractivity contribution in [3.05, 3.63) is 58.1 Å². The van der Waals surface area contributed by atoms with Gasteiger partial charge in [0.1, 0.15) is 5.75 Å². The molecule has 2 aromatic rings. The number of nitrogens with zero attached hydrogens (tertiary/aromatic N) is 3. The summed E-state index contributed by atoms with van der Waals surface area (Å²) in [6.07, 6.45) is 0.778. The number of benzene rings is 2. The number of hydrogen-bond donors (Lipinski definition) is 1. The predicted molar refractivity (Wildman–Crippen MR) is 118 cm³/mol. The number of ether oxygens (including phenoxy) is 2. The lowest BCUT2D eigenvalue weighted by atomic mass is 10.1. The number of carbonyl (C=O) groups excluding carboxylic acids is 1. The Hall–Kier alpha value is -3.17. The molecule has 9 heteroatoms. The molecule has 31 heavy (non-hydrogen) atoms. The maximum absolute atomic E-state index is 12.5. The summed E-state index contributed by atoms with van der Waals surface area (Å²) in [4.78, 5) is 28.1. The lowest BCUT2D eigenvalue weighted by Gasteiger charge is -2.32. The highest BCUT2D eigenvalue weighted by Gasteiger charge is 2.19. The zero-order valence-electron chi connectivity index (χ0n) is 17.9. The van der Waals surface area contributed by atoms with Crippen LogP contribution in [0.3, 0.4) is 0 Å². The average Bonchev–Trinajstić information content (AvgIpc) is 2.78. The highest BCUT2D eigenvalue weighted by molar-refractivity contribution is 6.04. The molecule has 3 rings (SSSR count). The van der Waals surface area contributed by atoms with Gasteiger partial charge >= 0.3 is 5.69 Å². The fraction of sp³-hybridized carbons (Fsp3) is 0.409. The molecular weight excluding hydrogens is 400 g/mol. The maximum Gasteiger partial charge on any atom is 0.311 e. The highest BCUT2D eigenvalue weighted by Crippen LogP contribution is 2.28. The number of anilines is 1. The van der Waals surface area contributed by atoms with Crippen LogP contribution in [0.4, 0.5) is 11.4 Å². The number of carbonyl (C=O) groups is 1. The number of piperazine rings is 1. The lowest BCUT2D eigenvalue weighted by Crippen LogP contribution is -2.44. The van der Waals surface area contributed by atoms with Crippen molar-refractivity contribution in [2.75, 3.05) is 58.8 Å². The van der Waals surface area contributed by atoms with Gasteiger partial charge < -0.3 is 24.6 Å². The van der Waals surface area contributed by atoms with Crippen molar-refractivity contribution in [2.24, 2.45) is 0 Å². The minimum atomic E-state index is -0.528. The molecule has 9 nitrogen and oxygen atoms in total. The zero-order chi connectivity index (χ0) is 22.2. The van der Waals surface area contributed by atoms with E-state index < -0.39 is 10.8 Å². The van der Waals surface area contributed by atoms with E-state index in [1.54, 1.807) is 31.4 Å². The van der Waals surface area contributed by atoms with Crippen molar-refractivity contribution >= 4 is 17.3 Å². The SMILES string of the molecule is COc1ccc(NC(=O)c2ccc(OCCCN3CCN(C)CC3)c([N+](=O)[O-])c2)cc1. The number of nitrogens with one attached hydrogen (secondary N) is 1. The molecule has 1 heterocycles. The van der Waals surface area contributed by atoms with Crippen molar-refractivity contribution in [3.8, 4) is 11.5 Å². The van der Waals surface area contributed by atoms with Gasteiger partial charge in [0.25, 0.3) is 5.91 Å². The number of amides is 1. The van der Waals surface area contributed by atoms with E-state index in [-0.39, 0.29) is 17.0 Å². The number of likely N-dealkylation sites (N-methyl/N-ethyl adjacent to an activating group) is 1. The van der Waals surface area contributed by atoms with Crippen LogP contribution >= 0.6 is 0 Å². The second-order valence-electron chi connectivity index (χ2n) is 7.47. The van der Waals surface area contributed by atoms with E-state index in [0.717, 1.165) is 39.1 Å². The van der Waals surface area contributed by atoms with Crippen LogP contribution in [0, 0.1) is 10.1 Å². The molecule has 1 fully saturated rings. The van der Waals surface area contributed by atoms with E-state index in [1.807, 2.05) is 0 Å². The third-order valence-corrected chi connectivity index (χ3v) is 5.24. The average molecular weight is 428 g/mol. The number of hydrogen-bond acceptors (Lipinski definition) is 7. The van der Waals surface area contributed by atoms with Crippen LogP contribution in [-0.4, -0.2) is 74.1 Å². The third kappa shape index (κ3) is 6.40. The van der Waals surface area contributed by atoms with Gasteiger partial charge in [-0.3, -0.25) is 14.9 Å². The Bertz CT molecular complexity index is 895. The Kier molecular flexibility index (Phi) is 7.80. The molecule has 2 aromatic carbocycles. The van der Waals surface area contributed by atoms with Gasteiger partial charge in [-0.05, 0) is 49.9 Å². The lowest BCUT2D eigenvalue weighted by molar-refractivity contribution is -0.385. The van der Waals surface area contributed by atoms with Crippen molar-refractivity contribution in [1.29, 1.82) is 0 Å². The van der Waals surface area contributed by atoms with Crippen LogP contribution < -0.4 is 14.8 Å².